The monoisotopic (exact) mass is 405 g/mol. The number of ether oxygens (including phenoxy) is 1. The minimum Gasteiger partial charge on any atom is -0.477 e. The molecule has 0 saturated heterocycles. The number of benzene rings is 1. The number of nitrogens with zero attached hydrogens (tertiary/aromatic N) is 3. The van der Waals surface area contributed by atoms with Crippen LogP contribution in [0.1, 0.15) is 12.8 Å². The summed E-state index contributed by atoms with van der Waals surface area (Å²) in [5.74, 6) is 0.390. The summed E-state index contributed by atoms with van der Waals surface area (Å²) in [6.07, 6.45) is 1.61. The van der Waals surface area contributed by atoms with Crippen LogP contribution in [-0.2, 0) is 9.59 Å². The maximum atomic E-state index is 12.8. The second-order valence-corrected chi connectivity index (χ2v) is 8.47. The molecule has 27 heavy (non-hydrogen) atoms. The molecule has 1 fully saturated rings. The number of likely N-dealkylation sites (N-methyl/N-ethyl adjacent to an activating group) is 1. The predicted octanol–water partition coefficient (Wildman–Crippen LogP) is 1.74. The van der Waals surface area contributed by atoms with Crippen molar-refractivity contribution < 1.29 is 14.3 Å². The number of carbonyl (C=O) groups excluding carboxylic acids is 2. The Kier molecular flexibility index (Phi) is 5.17. The highest BCUT2D eigenvalue weighted by molar-refractivity contribution is 8.01. The standard InChI is InChI=1S/C17H19N5O3S2/c1-18-15(24)13-8-22(11-4-2-3-5-12(11)25-13)14(23)9-26-17-21-20-16(27-17)19-10-6-7-10/h2-5,10,13H,6-9H2,1H3,(H,18,24)(H,19,20)/t13-/m0/s1. The van der Waals surface area contributed by atoms with Crippen molar-refractivity contribution in [1.29, 1.82) is 0 Å². The molecule has 2 heterocycles. The zero-order chi connectivity index (χ0) is 18.8. The van der Waals surface area contributed by atoms with Crippen molar-refractivity contribution in [2.75, 3.05) is 29.6 Å². The molecular formula is C17H19N5O3S2. The molecule has 1 aliphatic carbocycles. The van der Waals surface area contributed by atoms with Crippen LogP contribution >= 0.6 is 23.1 Å². The Morgan fingerprint density at radius 2 is 2.15 bits per heavy atom. The van der Waals surface area contributed by atoms with Crippen LogP contribution in [0.5, 0.6) is 5.75 Å². The largest absolute Gasteiger partial charge is 0.477 e. The van der Waals surface area contributed by atoms with Crippen LogP contribution in [0.2, 0.25) is 0 Å². The Morgan fingerprint density at radius 3 is 2.93 bits per heavy atom. The lowest BCUT2D eigenvalue weighted by atomic mass is 10.2. The molecule has 0 bridgehead atoms. The first-order chi connectivity index (χ1) is 13.1. The van der Waals surface area contributed by atoms with Gasteiger partial charge in [0.2, 0.25) is 11.0 Å². The van der Waals surface area contributed by atoms with Gasteiger partial charge < -0.3 is 20.3 Å². The van der Waals surface area contributed by atoms with E-state index in [9.17, 15) is 9.59 Å². The maximum Gasteiger partial charge on any atom is 0.262 e. The Hall–Kier alpha value is -2.33. The normalized spacial score (nSPS) is 18.4. The number of nitrogens with one attached hydrogen (secondary N) is 2. The van der Waals surface area contributed by atoms with E-state index in [1.165, 1.54) is 35.9 Å². The molecule has 2 aromatic rings. The van der Waals surface area contributed by atoms with E-state index in [2.05, 4.69) is 20.8 Å². The highest BCUT2D eigenvalue weighted by Crippen LogP contribution is 2.35. The van der Waals surface area contributed by atoms with Crippen molar-refractivity contribution in [3.63, 3.8) is 0 Å². The fourth-order valence-corrected chi connectivity index (χ4v) is 4.40. The molecule has 0 unspecified atom stereocenters. The van der Waals surface area contributed by atoms with Gasteiger partial charge in [-0.15, -0.1) is 10.2 Å². The van der Waals surface area contributed by atoms with E-state index in [-0.39, 0.29) is 24.1 Å². The topological polar surface area (TPSA) is 96.5 Å². The minimum absolute atomic E-state index is 0.100. The summed E-state index contributed by atoms with van der Waals surface area (Å²) in [6.45, 7) is 0.181. The molecule has 8 nitrogen and oxygen atoms in total. The Morgan fingerprint density at radius 1 is 1.33 bits per heavy atom. The maximum absolute atomic E-state index is 12.8. The predicted molar refractivity (Wildman–Crippen MR) is 105 cm³/mol. The highest BCUT2D eigenvalue weighted by atomic mass is 32.2. The van der Waals surface area contributed by atoms with E-state index in [0.29, 0.717) is 17.5 Å². The van der Waals surface area contributed by atoms with Crippen molar-refractivity contribution in [3.8, 4) is 5.75 Å². The first-order valence-electron chi connectivity index (χ1n) is 8.64. The van der Waals surface area contributed by atoms with Gasteiger partial charge in [0.05, 0.1) is 18.0 Å². The summed E-state index contributed by atoms with van der Waals surface area (Å²) in [5, 5.41) is 14.9. The van der Waals surface area contributed by atoms with Gasteiger partial charge in [-0.3, -0.25) is 9.59 Å². The van der Waals surface area contributed by atoms with E-state index in [1.807, 2.05) is 18.2 Å². The molecule has 0 radical (unpaired) electrons. The number of para-hydroxylation sites is 2. The van der Waals surface area contributed by atoms with E-state index in [4.69, 9.17) is 4.74 Å². The van der Waals surface area contributed by atoms with Gasteiger partial charge in [0.1, 0.15) is 5.75 Å². The molecule has 142 valence electrons. The van der Waals surface area contributed by atoms with Crippen molar-refractivity contribution >= 4 is 45.7 Å². The van der Waals surface area contributed by atoms with Gasteiger partial charge in [0, 0.05) is 13.1 Å². The summed E-state index contributed by atoms with van der Waals surface area (Å²) in [6, 6.07) is 7.76. The number of rotatable bonds is 6. The number of carbonyl (C=O) groups is 2. The smallest absolute Gasteiger partial charge is 0.262 e. The number of aromatic nitrogens is 2. The van der Waals surface area contributed by atoms with E-state index >= 15 is 0 Å². The van der Waals surface area contributed by atoms with Crippen LogP contribution in [0.4, 0.5) is 10.8 Å². The van der Waals surface area contributed by atoms with Crippen LogP contribution in [0, 0.1) is 0 Å². The summed E-state index contributed by atoms with van der Waals surface area (Å²) < 4.78 is 6.48. The molecule has 4 rings (SSSR count). The minimum atomic E-state index is -0.727. The lowest BCUT2D eigenvalue weighted by Crippen LogP contribution is -2.50. The van der Waals surface area contributed by atoms with Gasteiger partial charge in [-0.05, 0) is 25.0 Å². The van der Waals surface area contributed by atoms with Gasteiger partial charge in [-0.1, -0.05) is 35.2 Å². The Bertz CT molecular complexity index is 855. The van der Waals surface area contributed by atoms with Crippen LogP contribution < -0.4 is 20.3 Å². The quantitative estimate of drug-likeness (QED) is 0.707. The molecule has 0 spiro atoms. The number of hydrogen-bond donors (Lipinski definition) is 2. The fraction of sp³-hybridized carbons (Fsp3) is 0.412. The third-order valence-corrected chi connectivity index (χ3v) is 6.22. The second kappa shape index (κ2) is 7.73. The Balaban J connectivity index is 1.43. The number of anilines is 2. The second-order valence-electron chi connectivity index (χ2n) is 6.27. The zero-order valence-corrected chi connectivity index (χ0v) is 16.3. The van der Waals surface area contributed by atoms with Crippen LogP contribution in [0.15, 0.2) is 28.6 Å². The first-order valence-corrected chi connectivity index (χ1v) is 10.4. The zero-order valence-electron chi connectivity index (χ0n) is 14.7. The average molecular weight is 406 g/mol. The number of thioether (sulfide) groups is 1. The molecule has 1 aromatic carbocycles. The van der Waals surface area contributed by atoms with Crippen molar-refractivity contribution in [3.05, 3.63) is 24.3 Å². The van der Waals surface area contributed by atoms with Crippen LogP contribution in [0.3, 0.4) is 0 Å². The van der Waals surface area contributed by atoms with Crippen LogP contribution in [0.25, 0.3) is 0 Å². The van der Waals surface area contributed by atoms with Crippen molar-refractivity contribution in [1.82, 2.24) is 15.5 Å². The van der Waals surface area contributed by atoms with Crippen LogP contribution in [-0.4, -0.2) is 53.5 Å². The van der Waals surface area contributed by atoms with Gasteiger partial charge in [-0.25, -0.2) is 0 Å². The fourth-order valence-electron chi connectivity index (χ4n) is 2.70. The third-order valence-electron chi connectivity index (χ3n) is 4.24. The molecule has 10 heteroatoms. The molecular weight excluding hydrogens is 386 g/mol. The van der Waals surface area contributed by atoms with Gasteiger partial charge >= 0.3 is 0 Å². The molecule has 1 atom stereocenters. The van der Waals surface area contributed by atoms with E-state index < -0.39 is 6.10 Å². The summed E-state index contributed by atoms with van der Waals surface area (Å²) >= 11 is 2.81. The summed E-state index contributed by atoms with van der Waals surface area (Å²) in [5.41, 5.74) is 0.677. The molecule has 2 N–H and O–H groups in total. The number of fused-ring (bicyclic) bond motifs is 1. The van der Waals surface area contributed by atoms with Crippen molar-refractivity contribution in [2.45, 2.75) is 29.3 Å². The molecule has 1 saturated carbocycles. The summed E-state index contributed by atoms with van der Waals surface area (Å²) in [4.78, 5) is 26.5. The molecule has 1 aliphatic heterocycles. The van der Waals surface area contributed by atoms with Gasteiger partial charge in [0.15, 0.2) is 10.4 Å². The molecule has 2 aliphatic rings. The van der Waals surface area contributed by atoms with E-state index in [1.54, 1.807) is 18.0 Å². The van der Waals surface area contributed by atoms with E-state index in [0.717, 1.165) is 9.47 Å². The van der Waals surface area contributed by atoms with Gasteiger partial charge in [-0.2, -0.15) is 0 Å². The molecule has 1 aromatic heterocycles. The first kappa shape index (κ1) is 18.1. The number of hydrogen-bond acceptors (Lipinski definition) is 8. The Labute approximate surface area is 164 Å². The SMILES string of the molecule is CNC(=O)[C@@H]1CN(C(=O)CSc2nnc(NC3CC3)s2)c2ccccc2O1. The lowest BCUT2D eigenvalue weighted by molar-refractivity contribution is -0.127. The highest BCUT2D eigenvalue weighted by Gasteiger charge is 2.33. The lowest BCUT2D eigenvalue weighted by Gasteiger charge is -2.33. The molecule has 2 amide bonds. The average Bonchev–Trinajstić information content (AvgIpc) is 3.40. The third kappa shape index (κ3) is 4.16. The van der Waals surface area contributed by atoms with Gasteiger partial charge in [0.25, 0.3) is 5.91 Å². The number of amides is 2. The van der Waals surface area contributed by atoms with Crippen molar-refractivity contribution in [2.24, 2.45) is 0 Å². The summed E-state index contributed by atoms with van der Waals surface area (Å²) in [7, 11) is 1.55.